The van der Waals surface area contributed by atoms with Gasteiger partial charge in [-0.05, 0) is 23.8 Å². The first-order valence-corrected chi connectivity index (χ1v) is 6.08. The summed E-state index contributed by atoms with van der Waals surface area (Å²) in [5.74, 6) is -0.555. The summed E-state index contributed by atoms with van der Waals surface area (Å²) in [6.07, 6.45) is 2.58. The average Bonchev–Trinajstić information content (AvgIpc) is 2.37. The van der Waals surface area contributed by atoms with Crippen molar-refractivity contribution in [3.05, 3.63) is 35.9 Å². The molecule has 0 heterocycles. The van der Waals surface area contributed by atoms with Gasteiger partial charge in [0.15, 0.2) is 0 Å². The van der Waals surface area contributed by atoms with E-state index >= 15 is 0 Å². The van der Waals surface area contributed by atoms with E-state index in [4.69, 9.17) is 16.7 Å². The first kappa shape index (κ1) is 14.5. The lowest BCUT2D eigenvalue weighted by atomic mass is 10.2. The third kappa shape index (κ3) is 4.75. The highest BCUT2D eigenvalue weighted by molar-refractivity contribution is 6.18. The van der Waals surface area contributed by atoms with Crippen LogP contribution in [0.5, 0.6) is 0 Å². The Morgan fingerprint density at radius 1 is 1.33 bits per heavy atom. The van der Waals surface area contributed by atoms with Crippen molar-refractivity contribution >= 4 is 29.3 Å². The minimum Gasteiger partial charge on any atom is -0.478 e. The molecular weight excluding hydrogens is 257 g/mol. The standard InChI is InChI=1S/C13H15ClFNO2/c14-7-9-16(10-8-15)12-4-1-11(2-5-12)3-6-13(17)18/h1-6H,7-10H2,(H,17,18)/b6-3-. The van der Waals surface area contributed by atoms with Crippen molar-refractivity contribution in [1.82, 2.24) is 0 Å². The number of nitrogens with zero attached hydrogens (tertiary/aromatic N) is 1. The molecule has 0 saturated heterocycles. The Kier molecular flexibility index (Phi) is 6.22. The maximum absolute atomic E-state index is 12.4. The van der Waals surface area contributed by atoms with Crippen LogP contribution in [0.1, 0.15) is 5.56 Å². The van der Waals surface area contributed by atoms with Crippen LogP contribution in [-0.2, 0) is 4.79 Å². The normalized spacial score (nSPS) is 10.8. The van der Waals surface area contributed by atoms with Gasteiger partial charge in [0, 0.05) is 30.7 Å². The Morgan fingerprint density at radius 3 is 2.50 bits per heavy atom. The van der Waals surface area contributed by atoms with Gasteiger partial charge in [-0.2, -0.15) is 0 Å². The molecule has 0 aliphatic heterocycles. The molecule has 0 spiro atoms. The predicted molar refractivity (Wildman–Crippen MR) is 72.0 cm³/mol. The number of carboxylic acid groups (broad SMARTS) is 1. The number of benzene rings is 1. The topological polar surface area (TPSA) is 40.5 Å². The van der Waals surface area contributed by atoms with Crippen LogP contribution in [0.2, 0.25) is 0 Å². The number of hydrogen-bond acceptors (Lipinski definition) is 2. The van der Waals surface area contributed by atoms with E-state index in [0.717, 1.165) is 17.3 Å². The van der Waals surface area contributed by atoms with Gasteiger partial charge in [-0.1, -0.05) is 12.1 Å². The Labute approximate surface area is 110 Å². The van der Waals surface area contributed by atoms with Crippen LogP contribution in [0, 0.1) is 0 Å². The highest BCUT2D eigenvalue weighted by Crippen LogP contribution is 2.16. The summed E-state index contributed by atoms with van der Waals surface area (Å²) in [6.45, 7) is 0.449. The first-order chi connectivity index (χ1) is 8.67. The average molecular weight is 272 g/mol. The number of alkyl halides is 2. The minimum absolute atomic E-state index is 0.303. The first-order valence-electron chi connectivity index (χ1n) is 5.55. The lowest BCUT2D eigenvalue weighted by Crippen LogP contribution is -2.27. The second kappa shape index (κ2) is 7.71. The molecule has 98 valence electrons. The zero-order valence-electron chi connectivity index (χ0n) is 9.85. The van der Waals surface area contributed by atoms with E-state index in [2.05, 4.69) is 0 Å². The number of carboxylic acids is 1. The zero-order valence-corrected chi connectivity index (χ0v) is 10.6. The summed E-state index contributed by atoms with van der Waals surface area (Å²) in [5, 5.41) is 8.51. The van der Waals surface area contributed by atoms with Crippen LogP contribution in [0.25, 0.3) is 6.08 Å². The van der Waals surface area contributed by atoms with Crippen molar-refractivity contribution < 1.29 is 14.3 Å². The molecule has 18 heavy (non-hydrogen) atoms. The van der Waals surface area contributed by atoms with Gasteiger partial charge < -0.3 is 10.0 Å². The number of aliphatic carboxylic acids is 1. The highest BCUT2D eigenvalue weighted by atomic mass is 35.5. The fraction of sp³-hybridized carbons (Fsp3) is 0.308. The minimum atomic E-state index is -0.986. The molecule has 0 atom stereocenters. The van der Waals surface area contributed by atoms with E-state index in [1.165, 1.54) is 6.08 Å². The molecule has 3 nitrogen and oxygen atoms in total. The van der Waals surface area contributed by atoms with Gasteiger partial charge >= 0.3 is 5.97 Å². The molecule has 0 aliphatic rings. The molecule has 0 unspecified atom stereocenters. The maximum atomic E-state index is 12.4. The molecule has 0 fully saturated rings. The van der Waals surface area contributed by atoms with Crippen LogP contribution >= 0.6 is 11.6 Å². The Balaban J connectivity index is 2.76. The van der Waals surface area contributed by atoms with Gasteiger partial charge in [0.25, 0.3) is 0 Å². The lowest BCUT2D eigenvalue weighted by molar-refractivity contribution is -0.131. The van der Waals surface area contributed by atoms with Crippen molar-refractivity contribution in [2.24, 2.45) is 0 Å². The second-order valence-electron chi connectivity index (χ2n) is 3.63. The summed E-state index contributed by atoms with van der Waals surface area (Å²) in [6, 6.07) is 7.22. The van der Waals surface area contributed by atoms with E-state index in [1.807, 2.05) is 17.0 Å². The lowest BCUT2D eigenvalue weighted by Gasteiger charge is -2.22. The number of halogens is 2. The molecule has 0 amide bonds. The van der Waals surface area contributed by atoms with Crippen molar-refractivity contribution in [1.29, 1.82) is 0 Å². The molecule has 0 aromatic heterocycles. The second-order valence-corrected chi connectivity index (χ2v) is 4.01. The predicted octanol–water partition coefficient (Wildman–Crippen LogP) is 2.80. The third-order valence-electron chi connectivity index (χ3n) is 2.39. The van der Waals surface area contributed by atoms with Crippen LogP contribution in [-0.4, -0.2) is 36.7 Å². The van der Waals surface area contributed by atoms with Gasteiger partial charge in [0.2, 0.25) is 0 Å². The van der Waals surface area contributed by atoms with Gasteiger partial charge in [-0.15, -0.1) is 11.6 Å². The largest absolute Gasteiger partial charge is 0.478 e. The summed E-state index contributed by atoms with van der Waals surface area (Å²) in [5.41, 5.74) is 1.66. The van der Waals surface area contributed by atoms with E-state index in [-0.39, 0.29) is 0 Å². The Hall–Kier alpha value is -1.55. The fourth-order valence-corrected chi connectivity index (χ4v) is 1.74. The molecule has 1 aromatic rings. The SMILES string of the molecule is O=C(O)/C=C\c1ccc(N(CCF)CCCl)cc1. The van der Waals surface area contributed by atoms with Gasteiger partial charge in [-0.3, -0.25) is 0 Å². The fourth-order valence-electron chi connectivity index (χ4n) is 1.54. The summed E-state index contributed by atoms with van der Waals surface area (Å²) in [7, 11) is 0. The van der Waals surface area contributed by atoms with Crippen LogP contribution in [0.15, 0.2) is 30.3 Å². The number of carbonyl (C=O) groups is 1. The van der Waals surface area contributed by atoms with E-state index < -0.39 is 12.6 Å². The Morgan fingerprint density at radius 2 is 2.00 bits per heavy atom. The molecule has 1 rings (SSSR count). The summed E-state index contributed by atoms with van der Waals surface area (Å²) in [4.78, 5) is 12.2. The van der Waals surface area contributed by atoms with E-state index in [1.54, 1.807) is 12.1 Å². The molecule has 5 heteroatoms. The van der Waals surface area contributed by atoms with Crippen molar-refractivity contribution in [2.45, 2.75) is 0 Å². The highest BCUT2D eigenvalue weighted by Gasteiger charge is 2.04. The summed E-state index contributed by atoms with van der Waals surface area (Å²) < 4.78 is 12.4. The molecule has 0 radical (unpaired) electrons. The van der Waals surface area contributed by atoms with Crippen LogP contribution in [0.3, 0.4) is 0 Å². The van der Waals surface area contributed by atoms with Gasteiger partial charge in [0.1, 0.15) is 6.67 Å². The van der Waals surface area contributed by atoms with Crippen molar-refractivity contribution in [3.63, 3.8) is 0 Å². The molecule has 0 saturated carbocycles. The van der Waals surface area contributed by atoms with Crippen molar-refractivity contribution in [3.8, 4) is 0 Å². The quantitative estimate of drug-likeness (QED) is 0.612. The molecule has 1 N–H and O–H groups in total. The van der Waals surface area contributed by atoms with Crippen LogP contribution in [0.4, 0.5) is 10.1 Å². The number of rotatable bonds is 7. The monoisotopic (exact) mass is 271 g/mol. The zero-order chi connectivity index (χ0) is 13.4. The Bertz CT molecular complexity index is 400. The van der Waals surface area contributed by atoms with Crippen molar-refractivity contribution in [2.75, 3.05) is 30.5 Å². The molecule has 0 bridgehead atoms. The van der Waals surface area contributed by atoms with Crippen LogP contribution < -0.4 is 4.90 Å². The number of anilines is 1. The van der Waals surface area contributed by atoms with Gasteiger partial charge in [-0.25, -0.2) is 9.18 Å². The molecule has 1 aromatic carbocycles. The van der Waals surface area contributed by atoms with E-state index in [0.29, 0.717) is 19.0 Å². The maximum Gasteiger partial charge on any atom is 0.328 e. The smallest absolute Gasteiger partial charge is 0.328 e. The third-order valence-corrected chi connectivity index (χ3v) is 2.55. The number of hydrogen-bond donors (Lipinski definition) is 1. The summed E-state index contributed by atoms with van der Waals surface area (Å²) >= 11 is 5.66. The van der Waals surface area contributed by atoms with Gasteiger partial charge in [0.05, 0.1) is 0 Å². The van der Waals surface area contributed by atoms with E-state index in [9.17, 15) is 9.18 Å². The molecule has 0 aliphatic carbocycles. The molecular formula is C13H15ClFNO2.